The van der Waals surface area contributed by atoms with Crippen molar-refractivity contribution in [2.75, 3.05) is 6.54 Å². The van der Waals surface area contributed by atoms with Gasteiger partial charge >= 0.3 is 0 Å². The molecule has 0 aromatic heterocycles. The Labute approximate surface area is 99.3 Å². The van der Waals surface area contributed by atoms with Gasteiger partial charge in [0.25, 0.3) is 0 Å². The lowest BCUT2D eigenvalue weighted by atomic mass is 9.85. The van der Waals surface area contributed by atoms with Crippen molar-refractivity contribution in [3.05, 3.63) is 0 Å². The Morgan fingerprint density at radius 1 is 1.00 bits per heavy atom. The smallest absolute Gasteiger partial charge is 0.0705 e. The Kier molecular flexibility index (Phi) is 5.37. The van der Waals surface area contributed by atoms with E-state index >= 15 is 0 Å². The van der Waals surface area contributed by atoms with Crippen LogP contribution >= 0.6 is 12.4 Å². The van der Waals surface area contributed by atoms with Gasteiger partial charge in [-0.15, -0.1) is 12.4 Å². The lowest BCUT2D eigenvalue weighted by Gasteiger charge is -2.31. The highest BCUT2D eigenvalue weighted by Crippen LogP contribution is 2.39. The molecule has 1 spiro atoms. The molecule has 0 aromatic rings. The minimum absolute atomic E-state index is 0. The topological polar surface area (TPSA) is 35.2 Å². The van der Waals surface area contributed by atoms with Crippen LogP contribution in [0.2, 0.25) is 0 Å². The summed E-state index contributed by atoms with van der Waals surface area (Å²) in [6, 6.07) is 0. The SMILES string of the molecule is Cl.NCC1CCC2(CCCCCCC2)O1. The fourth-order valence-electron chi connectivity index (χ4n) is 2.98. The summed E-state index contributed by atoms with van der Waals surface area (Å²) in [5.41, 5.74) is 5.91. The summed E-state index contributed by atoms with van der Waals surface area (Å²) >= 11 is 0. The monoisotopic (exact) mass is 233 g/mol. The van der Waals surface area contributed by atoms with E-state index in [4.69, 9.17) is 10.5 Å². The quantitative estimate of drug-likeness (QED) is 0.756. The van der Waals surface area contributed by atoms with Crippen LogP contribution in [0.5, 0.6) is 0 Å². The average molecular weight is 234 g/mol. The van der Waals surface area contributed by atoms with Gasteiger partial charge in [-0.2, -0.15) is 0 Å². The van der Waals surface area contributed by atoms with E-state index in [-0.39, 0.29) is 18.0 Å². The first-order valence-electron chi connectivity index (χ1n) is 6.23. The molecule has 2 rings (SSSR count). The van der Waals surface area contributed by atoms with Gasteiger partial charge in [0.15, 0.2) is 0 Å². The zero-order valence-corrected chi connectivity index (χ0v) is 10.4. The predicted octanol–water partition coefficient (Wildman–Crippen LogP) is 3.03. The zero-order valence-electron chi connectivity index (χ0n) is 9.54. The molecule has 15 heavy (non-hydrogen) atoms. The molecule has 0 amide bonds. The fraction of sp³-hybridized carbons (Fsp3) is 1.00. The third-order valence-electron chi connectivity index (χ3n) is 3.87. The molecule has 90 valence electrons. The molecular weight excluding hydrogens is 210 g/mol. The van der Waals surface area contributed by atoms with E-state index in [9.17, 15) is 0 Å². The maximum atomic E-state index is 6.15. The molecule has 2 N–H and O–H groups in total. The number of rotatable bonds is 1. The number of hydrogen-bond donors (Lipinski definition) is 1. The molecule has 2 fully saturated rings. The minimum Gasteiger partial charge on any atom is -0.370 e. The second-order valence-electron chi connectivity index (χ2n) is 4.97. The van der Waals surface area contributed by atoms with Crippen molar-refractivity contribution in [3.63, 3.8) is 0 Å². The predicted molar refractivity (Wildman–Crippen MR) is 65.5 cm³/mol. The van der Waals surface area contributed by atoms with E-state index in [1.807, 2.05) is 0 Å². The minimum atomic E-state index is 0. The molecule has 1 aliphatic carbocycles. The van der Waals surface area contributed by atoms with Crippen LogP contribution in [0.3, 0.4) is 0 Å². The Balaban J connectivity index is 0.00000112. The van der Waals surface area contributed by atoms with Gasteiger partial charge in [-0.3, -0.25) is 0 Å². The number of nitrogens with two attached hydrogens (primary N) is 1. The number of halogens is 1. The highest BCUT2D eigenvalue weighted by Gasteiger charge is 2.38. The van der Waals surface area contributed by atoms with E-state index in [0.29, 0.717) is 12.6 Å². The lowest BCUT2D eigenvalue weighted by Crippen LogP contribution is -2.32. The molecular formula is C12H24ClNO. The third kappa shape index (κ3) is 3.33. The standard InChI is InChI=1S/C12H23NO.ClH/c13-10-11-6-9-12(14-11)7-4-2-1-3-5-8-12;/h11H,1-10,13H2;1H. The van der Waals surface area contributed by atoms with Crippen molar-refractivity contribution in [2.45, 2.75) is 69.5 Å². The van der Waals surface area contributed by atoms with E-state index in [2.05, 4.69) is 0 Å². The average Bonchev–Trinajstić information content (AvgIpc) is 2.57. The van der Waals surface area contributed by atoms with Crippen LogP contribution in [0, 0.1) is 0 Å². The van der Waals surface area contributed by atoms with Crippen LogP contribution in [-0.2, 0) is 4.74 Å². The van der Waals surface area contributed by atoms with Crippen molar-refractivity contribution in [1.29, 1.82) is 0 Å². The number of hydrogen-bond acceptors (Lipinski definition) is 2. The lowest BCUT2D eigenvalue weighted by molar-refractivity contribution is -0.0534. The first-order valence-corrected chi connectivity index (χ1v) is 6.23. The molecule has 1 aliphatic heterocycles. The molecule has 1 saturated carbocycles. The summed E-state index contributed by atoms with van der Waals surface area (Å²) in [4.78, 5) is 0. The van der Waals surface area contributed by atoms with Gasteiger partial charge in [-0.05, 0) is 25.7 Å². The molecule has 2 aliphatic rings. The largest absolute Gasteiger partial charge is 0.370 e. The third-order valence-corrected chi connectivity index (χ3v) is 3.87. The van der Waals surface area contributed by atoms with Crippen molar-refractivity contribution < 1.29 is 4.74 Å². The van der Waals surface area contributed by atoms with Crippen LogP contribution in [-0.4, -0.2) is 18.2 Å². The molecule has 1 unspecified atom stereocenters. The van der Waals surface area contributed by atoms with Crippen LogP contribution in [0.25, 0.3) is 0 Å². The summed E-state index contributed by atoms with van der Waals surface area (Å²) in [7, 11) is 0. The number of ether oxygens (including phenoxy) is 1. The van der Waals surface area contributed by atoms with E-state index in [0.717, 1.165) is 0 Å². The van der Waals surface area contributed by atoms with Gasteiger partial charge in [0, 0.05) is 6.54 Å². The van der Waals surface area contributed by atoms with Gasteiger partial charge in [0.2, 0.25) is 0 Å². The molecule has 1 heterocycles. The summed E-state index contributed by atoms with van der Waals surface area (Å²) in [5, 5.41) is 0. The maximum Gasteiger partial charge on any atom is 0.0705 e. The summed E-state index contributed by atoms with van der Waals surface area (Å²) in [6.07, 6.45) is 12.3. The molecule has 1 atom stereocenters. The molecule has 3 heteroatoms. The molecule has 2 nitrogen and oxygen atoms in total. The normalized spacial score (nSPS) is 30.6. The Bertz CT molecular complexity index is 178. The maximum absolute atomic E-state index is 6.15. The molecule has 0 aromatic carbocycles. The van der Waals surface area contributed by atoms with Gasteiger partial charge in [-0.1, -0.05) is 32.1 Å². The van der Waals surface area contributed by atoms with E-state index in [1.54, 1.807) is 0 Å². The van der Waals surface area contributed by atoms with Gasteiger partial charge in [0.05, 0.1) is 11.7 Å². The fourth-order valence-corrected chi connectivity index (χ4v) is 2.98. The summed E-state index contributed by atoms with van der Waals surface area (Å²) in [5.74, 6) is 0. The Hall–Kier alpha value is 0.210. The second-order valence-corrected chi connectivity index (χ2v) is 4.97. The Morgan fingerprint density at radius 3 is 2.13 bits per heavy atom. The van der Waals surface area contributed by atoms with Gasteiger partial charge in [-0.25, -0.2) is 0 Å². The van der Waals surface area contributed by atoms with E-state index in [1.165, 1.54) is 57.8 Å². The van der Waals surface area contributed by atoms with Gasteiger partial charge < -0.3 is 10.5 Å². The molecule has 0 radical (unpaired) electrons. The van der Waals surface area contributed by atoms with Crippen LogP contribution in [0.1, 0.15) is 57.8 Å². The molecule has 1 saturated heterocycles. The van der Waals surface area contributed by atoms with Crippen LogP contribution in [0.15, 0.2) is 0 Å². The highest BCUT2D eigenvalue weighted by atomic mass is 35.5. The zero-order chi connectivity index (χ0) is 9.86. The van der Waals surface area contributed by atoms with Gasteiger partial charge in [0.1, 0.15) is 0 Å². The van der Waals surface area contributed by atoms with E-state index < -0.39 is 0 Å². The molecule has 0 bridgehead atoms. The first-order chi connectivity index (χ1) is 6.85. The van der Waals surface area contributed by atoms with Crippen molar-refractivity contribution in [1.82, 2.24) is 0 Å². The summed E-state index contributed by atoms with van der Waals surface area (Å²) < 4.78 is 6.15. The van der Waals surface area contributed by atoms with Crippen molar-refractivity contribution in [2.24, 2.45) is 5.73 Å². The van der Waals surface area contributed by atoms with Crippen LogP contribution < -0.4 is 5.73 Å². The van der Waals surface area contributed by atoms with Crippen LogP contribution in [0.4, 0.5) is 0 Å². The highest BCUT2D eigenvalue weighted by molar-refractivity contribution is 5.85. The summed E-state index contributed by atoms with van der Waals surface area (Å²) in [6.45, 7) is 0.710. The Morgan fingerprint density at radius 2 is 1.60 bits per heavy atom. The second kappa shape index (κ2) is 6.07. The van der Waals surface area contributed by atoms with Crippen molar-refractivity contribution >= 4 is 12.4 Å². The van der Waals surface area contributed by atoms with Crippen molar-refractivity contribution in [3.8, 4) is 0 Å². The first kappa shape index (κ1) is 13.3.